The summed E-state index contributed by atoms with van der Waals surface area (Å²) in [7, 11) is 0. The first-order valence-electron chi connectivity index (χ1n) is 8.05. The molecule has 0 aliphatic rings. The van der Waals surface area contributed by atoms with Crippen molar-refractivity contribution in [2.45, 2.75) is 13.8 Å². The molecule has 25 heavy (non-hydrogen) atoms. The van der Waals surface area contributed by atoms with Gasteiger partial charge < -0.3 is 14.8 Å². The number of hydrogen-bond acceptors (Lipinski definition) is 5. The number of benzene rings is 2. The summed E-state index contributed by atoms with van der Waals surface area (Å²) >= 11 is 0. The molecular formula is C19H19N3O3. The van der Waals surface area contributed by atoms with Gasteiger partial charge in [-0.1, -0.05) is 24.3 Å². The van der Waals surface area contributed by atoms with E-state index in [-0.39, 0.29) is 12.5 Å². The van der Waals surface area contributed by atoms with Crippen molar-refractivity contribution in [1.82, 2.24) is 9.97 Å². The van der Waals surface area contributed by atoms with Gasteiger partial charge in [0.1, 0.15) is 11.6 Å². The minimum Gasteiger partial charge on any atom is -0.492 e. The van der Waals surface area contributed by atoms with Gasteiger partial charge >= 0.3 is 0 Å². The zero-order chi connectivity index (χ0) is 17.6. The fourth-order valence-electron chi connectivity index (χ4n) is 2.44. The van der Waals surface area contributed by atoms with Crippen molar-refractivity contribution in [3.63, 3.8) is 0 Å². The Bertz CT molecular complexity index is 896. The zero-order valence-corrected chi connectivity index (χ0v) is 14.2. The SMILES string of the molecule is CCOc1ccccc1NC(=O)COc1nc(C)nc2ccccc12. The number of carbonyl (C=O) groups is 1. The average molecular weight is 337 g/mol. The summed E-state index contributed by atoms with van der Waals surface area (Å²) in [6.45, 7) is 4.05. The topological polar surface area (TPSA) is 73.3 Å². The van der Waals surface area contributed by atoms with Gasteiger partial charge in [0.15, 0.2) is 6.61 Å². The summed E-state index contributed by atoms with van der Waals surface area (Å²) < 4.78 is 11.1. The van der Waals surface area contributed by atoms with Gasteiger partial charge in [-0.3, -0.25) is 4.79 Å². The van der Waals surface area contributed by atoms with Crippen molar-refractivity contribution >= 4 is 22.5 Å². The summed E-state index contributed by atoms with van der Waals surface area (Å²) in [6.07, 6.45) is 0. The van der Waals surface area contributed by atoms with Gasteiger partial charge in [-0.05, 0) is 38.1 Å². The Morgan fingerprint density at radius 3 is 2.64 bits per heavy atom. The Labute approximate surface area is 145 Å². The quantitative estimate of drug-likeness (QED) is 0.747. The van der Waals surface area contributed by atoms with E-state index >= 15 is 0 Å². The van der Waals surface area contributed by atoms with Crippen LogP contribution in [0.3, 0.4) is 0 Å². The maximum Gasteiger partial charge on any atom is 0.262 e. The van der Waals surface area contributed by atoms with E-state index in [4.69, 9.17) is 9.47 Å². The number of fused-ring (bicyclic) bond motifs is 1. The minimum atomic E-state index is -0.285. The number of amides is 1. The van der Waals surface area contributed by atoms with Crippen molar-refractivity contribution in [3.8, 4) is 11.6 Å². The molecule has 1 amide bonds. The number of nitrogens with zero attached hydrogens (tertiary/aromatic N) is 2. The first kappa shape index (κ1) is 16.7. The highest BCUT2D eigenvalue weighted by Crippen LogP contribution is 2.24. The van der Waals surface area contributed by atoms with Crippen LogP contribution in [-0.2, 0) is 4.79 Å². The van der Waals surface area contributed by atoms with Crippen LogP contribution in [0.2, 0.25) is 0 Å². The van der Waals surface area contributed by atoms with Crippen molar-refractivity contribution in [2.24, 2.45) is 0 Å². The van der Waals surface area contributed by atoms with Crippen molar-refractivity contribution in [1.29, 1.82) is 0 Å². The second kappa shape index (κ2) is 7.61. The summed E-state index contributed by atoms with van der Waals surface area (Å²) in [6, 6.07) is 14.8. The van der Waals surface area contributed by atoms with Gasteiger partial charge in [-0.15, -0.1) is 0 Å². The molecule has 6 heteroatoms. The molecule has 6 nitrogen and oxygen atoms in total. The van der Waals surface area contributed by atoms with Crippen LogP contribution >= 0.6 is 0 Å². The molecule has 0 spiro atoms. The van der Waals surface area contributed by atoms with Crippen LogP contribution in [0.1, 0.15) is 12.7 Å². The predicted octanol–water partition coefficient (Wildman–Crippen LogP) is 3.35. The molecule has 128 valence electrons. The Morgan fingerprint density at radius 1 is 1.04 bits per heavy atom. The molecule has 0 fully saturated rings. The Morgan fingerprint density at radius 2 is 1.80 bits per heavy atom. The molecule has 0 saturated heterocycles. The van der Waals surface area contributed by atoms with Gasteiger partial charge in [0.05, 0.1) is 23.2 Å². The van der Waals surface area contributed by atoms with E-state index in [1.807, 2.05) is 43.3 Å². The number of carbonyl (C=O) groups excluding carboxylic acids is 1. The van der Waals surface area contributed by atoms with Crippen LogP contribution in [0.25, 0.3) is 10.9 Å². The molecule has 3 rings (SSSR count). The van der Waals surface area contributed by atoms with E-state index in [0.717, 1.165) is 10.9 Å². The number of aromatic nitrogens is 2. The highest BCUT2D eigenvalue weighted by Gasteiger charge is 2.11. The van der Waals surface area contributed by atoms with Crippen LogP contribution in [0.5, 0.6) is 11.6 Å². The fraction of sp³-hybridized carbons (Fsp3) is 0.211. The highest BCUT2D eigenvalue weighted by atomic mass is 16.5. The summed E-state index contributed by atoms with van der Waals surface area (Å²) in [5, 5.41) is 3.57. The maximum atomic E-state index is 12.2. The van der Waals surface area contributed by atoms with Gasteiger partial charge in [-0.25, -0.2) is 4.98 Å². The van der Waals surface area contributed by atoms with Crippen LogP contribution < -0.4 is 14.8 Å². The lowest BCUT2D eigenvalue weighted by Gasteiger charge is -2.12. The number of aryl methyl sites for hydroxylation is 1. The van der Waals surface area contributed by atoms with E-state index in [9.17, 15) is 4.79 Å². The lowest BCUT2D eigenvalue weighted by molar-refractivity contribution is -0.118. The first-order valence-corrected chi connectivity index (χ1v) is 8.05. The summed E-state index contributed by atoms with van der Waals surface area (Å²) in [4.78, 5) is 20.9. The monoisotopic (exact) mass is 337 g/mol. The lowest BCUT2D eigenvalue weighted by Crippen LogP contribution is -2.21. The van der Waals surface area contributed by atoms with Crippen LogP contribution in [0.4, 0.5) is 5.69 Å². The Hall–Kier alpha value is -3.15. The third-order valence-corrected chi connectivity index (χ3v) is 3.48. The number of rotatable bonds is 6. The zero-order valence-electron chi connectivity index (χ0n) is 14.2. The summed E-state index contributed by atoms with van der Waals surface area (Å²) in [5.74, 6) is 1.33. The van der Waals surface area contributed by atoms with Crippen LogP contribution in [-0.4, -0.2) is 29.1 Å². The molecule has 0 radical (unpaired) electrons. The minimum absolute atomic E-state index is 0.152. The van der Waals surface area contributed by atoms with E-state index in [1.54, 1.807) is 19.1 Å². The van der Waals surface area contributed by atoms with Gasteiger partial charge in [0.25, 0.3) is 5.91 Å². The Balaban J connectivity index is 1.71. The third kappa shape index (κ3) is 4.03. The second-order valence-corrected chi connectivity index (χ2v) is 5.36. The number of hydrogen-bond donors (Lipinski definition) is 1. The van der Waals surface area contributed by atoms with Crippen molar-refractivity contribution in [2.75, 3.05) is 18.5 Å². The molecule has 0 bridgehead atoms. The maximum absolute atomic E-state index is 12.2. The predicted molar refractivity (Wildman–Crippen MR) is 96.0 cm³/mol. The fourth-order valence-corrected chi connectivity index (χ4v) is 2.44. The molecule has 1 aromatic heterocycles. The van der Waals surface area contributed by atoms with E-state index in [2.05, 4.69) is 15.3 Å². The number of anilines is 1. The largest absolute Gasteiger partial charge is 0.492 e. The molecule has 0 saturated carbocycles. The average Bonchev–Trinajstić information content (AvgIpc) is 2.61. The molecule has 1 N–H and O–H groups in total. The van der Waals surface area contributed by atoms with Gasteiger partial charge in [-0.2, -0.15) is 4.98 Å². The molecule has 1 heterocycles. The summed E-state index contributed by atoms with van der Waals surface area (Å²) in [5.41, 5.74) is 1.40. The van der Waals surface area contributed by atoms with Gasteiger partial charge in [0, 0.05) is 0 Å². The standard InChI is InChI=1S/C19H19N3O3/c1-3-24-17-11-7-6-10-16(17)22-18(23)12-25-19-14-8-4-5-9-15(14)20-13(2)21-19/h4-11H,3,12H2,1-2H3,(H,22,23). The van der Waals surface area contributed by atoms with E-state index < -0.39 is 0 Å². The molecule has 0 unspecified atom stereocenters. The molecule has 2 aromatic carbocycles. The molecule has 0 atom stereocenters. The Kier molecular flexibility index (Phi) is 5.09. The first-order chi connectivity index (χ1) is 12.2. The second-order valence-electron chi connectivity index (χ2n) is 5.36. The van der Waals surface area contributed by atoms with Crippen molar-refractivity contribution < 1.29 is 14.3 Å². The molecular weight excluding hydrogens is 318 g/mol. The molecule has 3 aromatic rings. The van der Waals surface area contributed by atoms with E-state index in [0.29, 0.717) is 29.7 Å². The van der Waals surface area contributed by atoms with Gasteiger partial charge in [0.2, 0.25) is 5.88 Å². The number of nitrogens with one attached hydrogen (secondary N) is 1. The lowest BCUT2D eigenvalue weighted by atomic mass is 10.2. The molecule has 0 aliphatic heterocycles. The number of para-hydroxylation sites is 3. The third-order valence-electron chi connectivity index (χ3n) is 3.48. The van der Waals surface area contributed by atoms with Crippen LogP contribution in [0, 0.1) is 6.92 Å². The normalized spacial score (nSPS) is 10.5. The van der Waals surface area contributed by atoms with Crippen molar-refractivity contribution in [3.05, 3.63) is 54.4 Å². The highest BCUT2D eigenvalue weighted by molar-refractivity contribution is 5.93. The van der Waals surface area contributed by atoms with E-state index in [1.165, 1.54) is 0 Å². The molecule has 0 aliphatic carbocycles. The van der Waals surface area contributed by atoms with Crippen LogP contribution in [0.15, 0.2) is 48.5 Å². The number of ether oxygens (including phenoxy) is 2. The smallest absolute Gasteiger partial charge is 0.262 e.